The van der Waals surface area contributed by atoms with Gasteiger partial charge in [0.05, 0.1) is 26.5 Å². The van der Waals surface area contributed by atoms with Gasteiger partial charge in [-0.25, -0.2) is 4.98 Å². The highest BCUT2D eigenvalue weighted by Gasteiger charge is 2.14. The molecule has 164 valence electrons. The minimum Gasteiger partial charge on any atom is -0.496 e. The number of aromatic amines is 1. The smallest absolute Gasteiger partial charge is 0.298 e. The van der Waals surface area contributed by atoms with Crippen LogP contribution in [0.3, 0.4) is 0 Å². The zero-order valence-electron chi connectivity index (χ0n) is 17.5. The molecule has 0 amide bonds. The van der Waals surface area contributed by atoms with Gasteiger partial charge in [-0.2, -0.15) is 9.78 Å². The summed E-state index contributed by atoms with van der Waals surface area (Å²) in [4.78, 5) is 22.9. The number of benzene rings is 2. The zero-order chi connectivity index (χ0) is 22.1. The molecular weight excluding hydrogens is 474 g/mol. The van der Waals surface area contributed by atoms with E-state index in [2.05, 4.69) is 35.9 Å². The van der Waals surface area contributed by atoms with E-state index in [1.165, 1.54) is 11.0 Å². The van der Waals surface area contributed by atoms with Crippen molar-refractivity contribution in [3.63, 3.8) is 0 Å². The maximum Gasteiger partial charge on any atom is 0.298 e. The van der Waals surface area contributed by atoms with Crippen molar-refractivity contribution in [3.05, 3.63) is 68.7 Å². The van der Waals surface area contributed by atoms with Gasteiger partial charge in [-0.05, 0) is 42.0 Å². The van der Waals surface area contributed by atoms with Crippen LogP contribution in [0.1, 0.15) is 11.1 Å². The van der Waals surface area contributed by atoms with Gasteiger partial charge >= 0.3 is 0 Å². The molecule has 1 N–H and O–H groups in total. The predicted octanol–water partition coefficient (Wildman–Crippen LogP) is 3.36. The zero-order valence-corrected chi connectivity index (χ0v) is 19.1. The second kappa shape index (κ2) is 8.85. The topological polar surface area (TPSA) is 84.7 Å². The van der Waals surface area contributed by atoms with Crippen LogP contribution < -0.4 is 10.3 Å². The summed E-state index contributed by atoms with van der Waals surface area (Å²) in [7, 11) is 1.67. The van der Waals surface area contributed by atoms with Crippen molar-refractivity contribution in [3.8, 4) is 5.75 Å². The van der Waals surface area contributed by atoms with Crippen LogP contribution in [-0.4, -0.2) is 59.2 Å². The summed E-state index contributed by atoms with van der Waals surface area (Å²) in [5.74, 6) is 0.832. The summed E-state index contributed by atoms with van der Waals surface area (Å²) in [5.41, 5.74) is 3.62. The van der Waals surface area contributed by atoms with Crippen molar-refractivity contribution in [2.45, 2.75) is 6.54 Å². The third kappa shape index (κ3) is 4.06. The van der Waals surface area contributed by atoms with E-state index in [-0.39, 0.29) is 5.56 Å². The average molecular weight is 496 g/mol. The quantitative estimate of drug-likeness (QED) is 0.429. The monoisotopic (exact) mass is 495 g/mol. The summed E-state index contributed by atoms with van der Waals surface area (Å²) in [6.45, 7) is 4.04. The highest BCUT2D eigenvalue weighted by atomic mass is 79.9. The van der Waals surface area contributed by atoms with Gasteiger partial charge in [0.15, 0.2) is 0 Å². The fourth-order valence-corrected chi connectivity index (χ4v) is 4.29. The molecule has 1 saturated heterocycles. The summed E-state index contributed by atoms with van der Waals surface area (Å²) in [6.07, 6.45) is 3.12. The molecule has 0 radical (unpaired) electrons. The Labute approximate surface area is 192 Å². The maximum atomic E-state index is 13.0. The van der Waals surface area contributed by atoms with Gasteiger partial charge in [-0.3, -0.25) is 9.69 Å². The summed E-state index contributed by atoms with van der Waals surface area (Å²) >= 11 is 3.47. The van der Waals surface area contributed by atoms with Crippen LogP contribution in [-0.2, 0) is 11.3 Å². The number of fused-ring (bicyclic) bond motifs is 3. The van der Waals surface area contributed by atoms with Crippen LogP contribution >= 0.6 is 15.9 Å². The number of methoxy groups -OCH3 is 1. The first-order chi connectivity index (χ1) is 15.6. The second-order valence-electron chi connectivity index (χ2n) is 7.64. The lowest BCUT2D eigenvalue weighted by Crippen LogP contribution is -2.35. The van der Waals surface area contributed by atoms with E-state index in [4.69, 9.17) is 9.47 Å². The SMILES string of the molecule is COc1ccc(C=Nn2cnc3c([nH]c4ccc(Br)cc43)c2=O)cc1CN1CCOCC1. The van der Waals surface area contributed by atoms with E-state index in [9.17, 15) is 4.79 Å². The fraction of sp³-hybridized carbons (Fsp3) is 0.261. The number of hydrogen-bond acceptors (Lipinski definition) is 6. The molecule has 0 saturated carbocycles. The normalized spacial score (nSPS) is 15.2. The number of ether oxygens (including phenoxy) is 2. The van der Waals surface area contributed by atoms with Crippen LogP contribution in [0.15, 0.2) is 57.1 Å². The summed E-state index contributed by atoms with van der Waals surface area (Å²) < 4.78 is 13.2. The standard InChI is InChI=1S/C23H22BrN5O3/c1-31-20-5-2-15(10-16(20)13-28-6-8-32-9-7-28)12-26-29-14-25-21-18-11-17(24)3-4-19(18)27-22(21)23(29)30/h2-5,10-12,14,27H,6-9,13H2,1H3. The van der Waals surface area contributed by atoms with Crippen LogP contribution in [0.25, 0.3) is 21.9 Å². The predicted molar refractivity (Wildman–Crippen MR) is 128 cm³/mol. The maximum absolute atomic E-state index is 13.0. The lowest BCUT2D eigenvalue weighted by molar-refractivity contribution is 0.0339. The third-order valence-corrected chi connectivity index (χ3v) is 6.08. The largest absolute Gasteiger partial charge is 0.496 e. The Hall–Kier alpha value is -3.01. The van der Waals surface area contributed by atoms with Crippen molar-refractivity contribution in [1.82, 2.24) is 19.5 Å². The molecule has 4 aromatic rings. The number of aromatic nitrogens is 3. The first-order valence-electron chi connectivity index (χ1n) is 10.3. The van der Waals surface area contributed by atoms with E-state index in [1.54, 1.807) is 13.3 Å². The molecule has 2 aromatic heterocycles. The molecule has 5 rings (SSSR count). The Bertz CT molecular complexity index is 1370. The van der Waals surface area contributed by atoms with Gasteiger partial charge in [0.2, 0.25) is 0 Å². The molecule has 32 heavy (non-hydrogen) atoms. The van der Waals surface area contributed by atoms with E-state index in [1.807, 2.05) is 36.4 Å². The van der Waals surface area contributed by atoms with E-state index in [0.717, 1.165) is 65.1 Å². The number of nitrogens with zero attached hydrogens (tertiary/aromatic N) is 4. The summed E-state index contributed by atoms with van der Waals surface area (Å²) in [5, 5.41) is 5.26. The van der Waals surface area contributed by atoms with Crippen LogP contribution in [0, 0.1) is 0 Å². The molecule has 0 atom stereocenters. The van der Waals surface area contributed by atoms with Gasteiger partial charge in [-0.15, -0.1) is 0 Å². The molecule has 0 bridgehead atoms. The molecular formula is C23H22BrN5O3. The lowest BCUT2D eigenvalue weighted by atomic mass is 10.1. The number of halogens is 1. The third-order valence-electron chi connectivity index (χ3n) is 5.58. The molecule has 3 heterocycles. The second-order valence-corrected chi connectivity index (χ2v) is 8.55. The Morgan fingerprint density at radius 2 is 2.09 bits per heavy atom. The molecule has 8 nitrogen and oxygen atoms in total. The molecule has 0 spiro atoms. The minimum absolute atomic E-state index is 0.249. The Morgan fingerprint density at radius 1 is 1.25 bits per heavy atom. The van der Waals surface area contributed by atoms with Gasteiger partial charge in [-0.1, -0.05) is 15.9 Å². The number of H-pyrrole nitrogens is 1. The Morgan fingerprint density at radius 3 is 2.91 bits per heavy atom. The van der Waals surface area contributed by atoms with Crippen molar-refractivity contribution in [1.29, 1.82) is 0 Å². The first-order valence-corrected chi connectivity index (χ1v) is 11.1. The number of hydrogen-bond donors (Lipinski definition) is 1. The molecule has 1 fully saturated rings. The molecule has 1 aliphatic rings. The van der Waals surface area contributed by atoms with Crippen molar-refractivity contribution in [2.75, 3.05) is 33.4 Å². The number of rotatable bonds is 5. The van der Waals surface area contributed by atoms with Gasteiger partial charge < -0.3 is 14.5 Å². The van der Waals surface area contributed by atoms with Crippen molar-refractivity contribution in [2.24, 2.45) is 5.10 Å². The molecule has 2 aromatic carbocycles. The number of nitrogens with one attached hydrogen (secondary N) is 1. The number of morpholine rings is 1. The van der Waals surface area contributed by atoms with Crippen molar-refractivity contribution < 1.29 is 9.47 Å². The molecule has 9 heteroatoms. The minimum atomic E-state index is -0.249. The summed E-state index contributed by atoms with van der Waals surface area (Å²) in [6, 6.07) is 11.7. The van der Waals surface area contributed by atoms with Crippen molar-refractivity contribution >= 4 is 44.1 Å². The van der Waals surface area contributed by atoms with Crippen LogP contribution in [0.4, 0.5) is 0 Å². The lowest BCUT2D eigenvalue weighted by Gasteiger charge is -2.27. The Balaban J connectivity index is 1.45. The first kappa shape index (κ1) is 20.9. The van der Waals surface area contributed by atoms with Crippen LogP contribution in [0.2, 0.25) is 0 Å². The molecule has 0 aliphatic carbocycles. The van der Waals surface area contributed by atoms with Gasteiger partial charge in [0.1, 0.15) is 23.1 Å². The highest BCUT2D eigenvalue weighted by Crippen LogP contribution is 2.25. The highest BCUT2D eigenvalue weighted by molar-refractivity contribution is 9.10. The van der Waals surface area contributed by atoms with Gasteiger partial charge in [0, 0.05) is 40.6 Å². The fourth-order valence-electron chi connectivity index (χ4n) is 3.93. The van der Waals surface area contributed by atoms with Gasteiger partial charge in [0.25, 0.3) is 5.56 Å². The van der Waals surface area contributed by atoms with E-state index >= 15 is 0 Å². The molecule has 1 aliphatic heterocycles. The van der Waals surface area contributed by atoms with E-state index < -0.39 is 0 Å². The Kier molecular flexibility index (Phi) is 5.77. The van der Waals surface area contributed by atoms with E-state index in [0.29, 0.717) is 11.0 Å². The van der Waals surface area contributed by atoms with Crippen LogP contribution in [0.5, 0.6) is 5.75 Å². The average Bonchev–Trinajstić information content (AvgIpc) is 3.18. The molecule has 0 unspecified atom stereocenters.